The van der Waals surface area contributed by atoms with E-state index in [1.54, 1.807) is 24.3 Å². The number of hydrogen-bond donors (Lipinski definition) is 3. The third-order valence-corrected chi connectivity index (χ3v) is 3.96. The summed E-state index contributed by atoms with van der Waals surface area (Å²) >= 11 is 11.6. The summed E-state index contributed by atoms with van der Waals surface area (Å²) in [7, 11) is 0. The van der Waals surface area contributed by atoms with Gasteiger partial charge in [0.25, 0.3) is 0 Å². The molecular formula is C13H15Cl2NO3. The van der Waals surface area contributed by atoms with Crippen LogP contribution in [0.2, 0.25) is 0 Å². The first-order valence-corrected chi connectivity index (χ1v) is 6.75. The highest BCUT2D eigenvalue weighted by molar-refractivity contribution is 6.52. The molecule has 104 valence electrons. The number of carbonyl (C=O) groups is 1. The zero-order valence-corrected chi connectivity index (χ0v) is 11.7. The molecule has 1 amide bonds. The molecule has 2 atom stereocenters. The van der Waals surface area contributed by atoms with Crippen LogP contribution < -0.4 is 5.32 Å². The Morgan fingerprint density at radius 3 is 2.47 bits per heavy atom. The zero-order chi connectivity index (χ0) is 14.0. The fourth-order valence-electron chi connectivity index (χ4n) is 1.88. The fourth-order valence-corrected chi connectivity index (χ4v) is 2.38. The number of nitrogens with one attached hydrogen (secondary N) is 1. The molecule has 6 heteroatoms. The van der Waals surface area contributed by atoms with Gasteiger partial charge in [0.05, 0.1) is 18.6 Å². The molecule has 0 radical (unpaired) electrons. The molecule has 0 saturated heterocycles. The first kappa shape index (κ1) is 14.4. The third kappa shape index (κ3) is 3.75. The van der Waals surface area contributed by atoms with Gasteiger partial charge in [-0.15, -0.1) is 23.2 Å². The predicted molar refractivity (Wildman–Crippen MR) is 73.4 cm³/mol. The summed E-state index contributed by atoms with van der Waals surface area (Å²) in [5.74, 6) is -0.451. The Hall–Kier alpha value is -0.970. The van der Waals surface area contributed by atoms with E-state index in [4.69, 9.17) is 23.2 Å². The van der Waals surface area contributed by atoms with Crippen LogP contribution in [0.15, 0.2) is 24.3 Å². The molecule has 0 bridgehead atoms. The van der Waals surface area contributed by atoms with Gasteiger partial charge in [-0.05, 0) is 30.5 Å². The number of phenols is 1. The third-order valence-electron chi connectivity index (χ3n) is 3.13. The average Bonchev–Trinajstić information content (AvgIpc) is 3.00. The number of hydrogen-bond acceptors (Lipinski definition) is 3. The molecule has 4 nitrogen and oxygen atoms in total. The molecule has 3 N–H and O–H groups in total. The van der Waals surface area contributed by atoms with Crippen molar-refractivity contribution in [2.24, 2.45) is 5.92 Å². The number of amides is 1. The number of rotatable bonds is 5. The van der Waals surface area contributed by atoms with E-state index in [0.29, 0.717) is 12.8 Å². The Labute approximate surface area is 121 Å². The van der Waals surface area contributed by atoms with Crippen LogP contribution >= 0.6 is 23.2 Å². The van der Waals surface area contributed by atoms with E-state index in [9.17, 15) is 15.0 Å². The minimum atomic E-state index is -0.956. The van der Waals surface area contributed by atoms with Gasteiger partial charge >= 0.3 is 0 Å². The van der Waals surface area contributed by atoms with Crippen molar-refractivity contribution < 1.29 is 15.0 Å². The second kappa shape index (κ2) is 5.57. The lowest BCUT2D eigenvalue weighted by Gasteiger charge is -2.16. The van der Waals surface area contributed by atoms with Crippen LogP contribution in [0.25, 0.3) is 0 Å². The van der Waals surface area contributed by atoms with Gasteiger partial charge in [0.15, 0.2) is 0 Å². The highest BCUT2D eigenvalue weighted by atomic mass is 35.5. The molecule has 1 unspecified atom stereocenters. The van der Waals surface area contributed by atoms with Gasteiger partial charge in [-0.3, -0.25) is 4.79 Å². The molecule has 2 rings (SSSR count). The summed E-state index contributed by atoms with van der Waals surface area (Å²) in [6, 6.07) is 6.23. The first-order chi connectivity index (χ1) is 8.92. The van der Waals surface area contributed by atoms with Gasteiger partial charge in [-0.1, -0.05) is 12.1 Å². The van der Waals surface area contributed by atoms with E-state index in [1.807, 2.05) is 0 Å². The van der Waals surface area contributed by atoms with Crippen molar-refractivity contribution >= 4 is 29.1 Å². The standard InChI is InChI=1S/C13H15Cl2NO3/c14-13(15)6-11(13)12(19)16-9(7-17)5-8-1-3-10(18)4-2-8/h1-4,9,11,17-18H,5-7H2,(H,16,19)/t9-,11?/m0/s1. The molecule has 1 saturated carbocycles. The van der Waals surface area contributed by atoms with E-state index in [0.717, 1.165) is 5.56 Å². The number of halogens is 2. The van der Waals surface area contributed by atoms with Gasteiger partial charge in [0.2, 0.25) is 5.91 Å². The van der Waals surface area contributed by atoms with Gasteiger partial charge in [-0.25, -0.2) is 0 Å². The summed E-state index contributed by atoms with van der Waals surface area (Å²) < 4.78 is -0.956. The highest BCUT2D eigenvalue weighted by Gasteiger charge is 2.56. The number of alkyl halides is 2. The van der Waals surface area contributed by atoms with Gasteiger partial charge in [-0.2, -0.15) is 0 Å². The van der Waals surface area contributed by atoms with Crippen molar-refractivity contribution in [2.45, 2.75) is 23.2 Å². The number of benzene rings is 1. The van der Waals surface area contributed by atoms with Crippen molar-refractivity contribution in [3.05, 3.63) is 29.8 Å². The van der Waals surface area contributed by atoms with E-state index < -0.39 is 10.3 Å². The Bertz CT molecular complexity index is 461. The van der Waals surface area contributed by atoms with Gasteiger partial charge < -0.3 is 15.5 Å². The van der Waals surface area contributed by atoms with Crippen molar-refractivity contribution in [2.75, 3.05) is 6.61 Å². The van der Waals surface area contributed by atoms with E-state index >= 15 is 0 Å². The van der Waals surface area contributed by atoms with Crippen molar-refractivity contribution in [1.29, 1.82) is 0 Å². The fraction of sp³-hybridized carbons (Fsp3) is 0.462. The van der Waals surface area contributed by atoms with Crippen molar-refractivity contribution in [1.82, 2.24) is 5.32 Å². The predicted octanol–water partition coefficient (Wildman–Crippen LogP) is 1.61. The molecule has 1 aliphatic carbocycles. The van der Waals surface area contributed by atoms with Crippen molar-refractivity contribution in [3.8, 4) is 5.75 Å². The summed E-state index contributed by atoms with van der Waals surface area (Å²) in [5.41, 5.74) is 0.913. The number of phenolic OH excluding ortho intramolecular Hbond substituents is 1. The second-order valence-electron chi connectivity index (χ2n) is 4.78. The molecule has 19 heavy (non-hydrogen) atoms. The molecule has 0 aromatic heterocycles. The van der Waals surface area contributed by atoms with Crippen LogP contribution in [0.4, 0.5) is 0 Å². The summed E-state index contributed by atoms with van der Waals surface area (Å²) in [4.78, 5) is 11.8. The summed E-state index contributed by atoms with van der Waals surface area (Å²) in [5, 5.41) is 21.2. The maximum atomic E-state index is 11.8. The summed E-state index contributed by atoms with van der Waals surface area (Å²) in [6.07, 6.45) is 0.923. The SMILES string of the molecule is O=C(N[C@H](CO)Cc1ccc(O)cc1)C1CC1(Cl)Cl. The van der Waals surface area contributed by atoms with E-state index in [-0.39, 0.29) is 24.3 Å². The van der Waals surface area contributed by atoms with E-state index in [2.05, 4.69) is 5.32 Å². The number of carbonyl (C=O) groups excluding carboxylic acids is 1. The van der Waals surface area contributed by atoms with E-state index in [1.165, 1.54) is 0 Å². The maximum absolute atomic E-state index is 11.8. The van der Waals surface area contributed by atoms with Crippen LogP contribution in [-0.2, 0) is 11.2 Å². The molecule has 0 heterocycles. The Balaban J connectivity index is 1.90. The number of aliphatic hydroxyl groups is 1. The molecule has 1 aromatic carbocycles. The lowest BCUT2D eigenvalue weighted by molar-refractivity contribution is -0.123. The smallest absolute Gasteiger partial charge is 0.226 e. The van der Waals surface area contributed by atoms with Crippen LogP contribution in [0.1, 0.15) is 12.0 Å². The molecule has 1 aromatic rings. The van der Waals surface area contributed by atoms with Crippen LogP contribution in [0.3, 0.4) is 0 Å². The average molecular weight is 304 g/mol. The monoisotopic (exact) mass is 303 g/mol. The summed E-state index contributed by atoms with van der Waals surface area (Å²) in [6.45, 7) is -0.170. The number of aromatic hydroxyl groups is 1. The minimum absolute atomic E-state index is 0.170. The van der Waals surface area contributed by atoms with Gasteiger partial charge in [0.1, 0.15) is 10.1 Å². The van der Waals surface area contributed by atoms with Gasteiger partial charge in [0, 0.05) is 0 Å². The topological polar surface area (TPSA) is 69.6 Å². The quantitative estimate of drug-likeness (QED) is 0.724. The second-order valence-corrected chi connectivity index (χ2v) is 6.32. The lowest BCUT2D eigenvalue weighted by atomic mass is 10.1. The minimum Gasteiger partial charge on any atom is -0.508 e. The molecule has 0 spiro atoms. The number of aliphatic hydroxyl groups excluding tert-OH is 1. The van der Waals surface area contributed by atoms with Crippen LogP contribution in [-0.4, -0.2) is 33.1 Å². The van der Waals surface area contributed by atoms with Crippen molar-refractivity contribution in [3.63, 3.8) is 0 Å². The maximum Gasteiger partial charge on any atom is 0.226 e. The zero-order valence-electron chi connectivity index (χ0n) is 10.1. The Morgan fingerprint density at radius 1 is 1.42 bits per heavy atom. The Kier molecular flexibility index (Phi) is 4.23. The molecule has 1 aliphatic rings. The largest absolute Gasteiger partial charge is 0.508 e. The van der Waals surface area contributed by atoms with Crippen LogP contribution in [0.5, 0.6) is 5.75 Å². The molecule has 1 fully saturated rings. The molecular weight excluding hydrogens is 289 g/mol. The Morgan fingerprint density at radius 2 is 2.00 bits per heavy atom. The highest BCUT2D eigenvalue weighted by Crippen LogP contribution is 2.53. The van der Waals surface area contributed by atoms with Crippen LogP contribution in [0, 0.1) is 5.92 Å². The molecule has 0 aliphatic heterocycles. The first-order valence-electron chi connectivity index (χ1n) is 5.99. The lowest BCUT2D eigenvalue weighted by Crippen LogP contribution is -2.40. The normalized spacial score (nSPS) is 21.7.